The number of carbonyl (C=O) groups is 2. The molecule has 134 valence electrons. The lowest BCUT2D eigenvalue weighted by Gasteiger charge is -2.29. The largest absolute Gasteiger partial charge is 0.345 e. The first kappa shape index (κ1) is 20.3. The number of hydrogen-bond acceptors (Lipinski definition) is 3. The van der Waals surface area contributed by atoms with Crippen molar-refractivity contribution in [3.8, 4) is 0 Å². The highest BCUT2D eigenvalue weighted by Gasteiger charge is 2.41. The Bertz CT molecular complexity index is 572. The van der Waals surface area contributed by atoms with Gasteiger partial charge in [-0.25, -0.2) is 4.79 Å². The number of rotatable bonds is 6. The second kappa shape index (κ2) is 8.35. The number of amides is 3. The molecular weight excluding hydrogens is 328 g/mol. The lowest BCUT2D eigenvalue weighted by molar-refractivity contribution is 0.0898. The van der Waals surface area contributed by atoms with Crippen LogP contribution in [0.15, 0.2) is 24.3 Å². The van der Waals surface area contributed by atoms with Gasteiger partial charge >= 0.3 is 6.03 Å². The lowest BCUT2D eigenvalue weighted by Crippen LogP contribution is -2.53. The van der Waals surface area contributed by atoms with Crippen molar-refractivity contribution in [2.24, 2.45) is 11.7 Å². The number of carbonyl (C=O) groups excluding carboxylic acids is 2. The Labute approximate surface area is 149 Å². The number of nitrogens with one attached hydrogen (secondary N) is 3. The van der Waals surface area contributed by atoms with E-state index in [4.69, 9.17) is 5.73 Å². The standard InChI is InChI=1S/C17H26N4O2.ClH/c1-11(2)19-16(23)20-14-8-4-12(5-9-14)15(22)21-17(3,10-18)13-6-7-13;/h4-5,8-9,11,13H,6-7,10,18H2,1-3H3,(H,21,22)(H2,19,20,23);1H. The van der Waals surface area contributed by atoms with Crippen LogP contribution < -0.4 is 21.7 Å². The van der Waals surface area contributed by atoms with Gasteiger partial charge in [0.05, 0.1) is 5.54 Å². The van der Waals surface area contributed by atoms with Crippen LogP contribution in [0.1, 0.15) is 44.0 Å². The predicted molar refractivity (Wildman–Crippen MR) is 98.6 cm³/mol. The normalized spacial score (nSPS) is 15.9. The molecule has 2 rings (SSSR count). The molecule has 1 aliphatic rings. The molecule has 1 saturated carbocycles. The molecule has 1 aromatic carbocycles. The minimum absolute atomic E-state index is 0. The molecule has 0 spiro atoms. The van der Waals surface area contributed by atoms with Crippen molar-refractivity contribution in [3.05, 3.63) is 29.8 Å². The maximum atomic E-state index is 12.4. The van der Waals surface area contributed by atoms with E-state index in [0.717, 1.165) is 12.8 Å². The Morgan fingerprint density at radius 1 is 1.25 bits per heavy atom. The zero-order chi connectivity index (χ0) is 17.0. The summed E-state index contributed by atoms with van der Waals surface area (Å²) in [6.07, 6.45) is 2.23. The number of urea groups is 1. The van der Waals surface area contributed by atoms with Crippen LogP contribution in [0, 0.1) is 5.92 Å². The summed E-state index contributed by atoms with van der Waals surface area (Å²) in [5, 5.41) is 8.51. The number of hydrogen-bond donors (Lipinski definition) is 4. The number of benzene rings is 1. The molecule has 24 heavy (non-hydrogen) atoms. The van der Waals surface area contributed by atoms with Gasteiger partial charge in [0.25, 0.3) is 5.91 Å². The van der Waals surface area contributed by atoms with Crippen LogP contribution in [0.25, 0.3) is 0 Å². The third-order valence-electron chi connectivity index (χ3n) is 4.13. The third kappa shape index (κ3) is 5.39. The van der Waals surface area contributed by atoms with E-state index in [0.29, 0.717) is 23.7 Å². The van der Waals surface area contributed by atoms with Gasteiger partial charge in [0.1, 0.15) is 0 Å². The maximum absolute atomic E-state index is 12.4. The molecule has 6 nitrogen and oxygen atoms in total. The van der Waals surface area contributed by atoms with Crippen LogP contribution in [0.4, 0.5) is 10.5 Å². The van der Waals surface area contributed by atoms with E-state index < -0.39 is 0 Å². The van der Waals surface area contributed by atoms with Gasteiger partial charge in [-0.2, -0.15) is 0 Å². The van der Waals surface area contributed by atoms with Gasteiger partial charge in [0.15, 0.2) is 0 Å². The fraction of sp³-hybridized carbons (Fsp3) is 0.529. The third-order valence-corrected chi connectivity index (χ3v) is 4.13. The van der Waals surface area contributed by atoms with Crippen molar-refractivity contribution in [2.75, 3.05) is 11.9 Å². The summed E-state index contributed by atoms with van der Waals surface area (Å²) in [5.74, 6) is 0.333. The smallest absolute Gasteiger partial charge is 0.319 e. The Hall–Kier alpha value is -1.79. The Morgan fingerprint density at radius 3 is 2.29 bits per heavy atom. The minimum atomic E-state index is -0.342. The minimum Gasteiger partial charge on any atom is -0.345 e. The van der Waals surface area contributed by atoms with Crippen molar-refractivity contribution >= 4 is 30.0 Å². The predicted octanol–water partition coefficient (Wildman–Crippen LogP) is 2.50. The van der Waals surface area contributed by atoms with Gasteiger partial charge in [0.2, 0.25) is 0 Å². The highest BCUT2D eigenvalue weighted by atomic mass is 35.5. The molecule has 1 aromatic rings. The quantitative estimate of drug-likeness (QED) is 0.632. The van der Waals surface area contributed by atoms with Crippen molar-refractivity contribution in [3.63, 3.8) is 0 Å². The second-order valence-corrected chi connectivity index (χ2v) is 6.68. The van der Waals surface area contributed by atoms with Crippen LogP contribution in [-0.2, 0) is 0 Å². The van der Waals surface area contributed by atoms with Crippen molar-refractivity contribution in [1.29, 1.82) is 0 Å². The van der Waals surface area contributed by atoms with Crippen LogP contribution in [0.2, 0.25) is 0 Å². The van der Waals surface area contributed by atoms with E-state index in [1.165, 1.54) is 0 Å². The molecule has 1 atom stereocenters. The fourth-order valence-electron chi connectivity index (χ4n) is 2.51. The molecule has 1 fully saturated rings. The van der Waals surface area contributed by atoms with Gasteiger partial charge in [-0.1, -0.05) is 0 Å². The molecule has 1 unspecified atom stereocenters. The lowest BCUT2D eigenvalue weighted by atomic mass is 9.95. The summed E-state index contributed by atoms with van der Waals surface area (Å²) in [4.78, 5) is 24.0. The molecule has 1 aliphatic carbocycles. The first-order chi connectivity index (χ1) is 10.8. The van der Waals surface area contributed by atoms with Gasteiger partial charge in [0, 0.05) is 23.8 Å². The second-order valence-electron chi connectivity index (χ2n) is 6.68. The van der Waals surface area contributed by atoms with Gasteiger partial charge < -0.3 is 21.7 Å². The number of anilines is 1. The Balaban J connectivity index is 0.00000288. The average molecular weight is 355 g/mol. The molecule has 0 aliphatic heterocycles. The molecule has 5 N–H and O–H groups in total. The van der Waals surface area contributed by atoms with Crippen LogP contribution in [0.3, 0.4) is 0 Å². The number of nitrogens with two attached hydrogens (primary N) is 1. The van der Waals surface area contributed by atoms with E-state index in [2.05, 4.69) is 16.0 Å². The topological polar surface area (TPSA) is 96.2 Å². The summed E-state index contributed by atoms with van der Waals surface area (Å²) in [7, 11) is 0. The molecule has 7 heteroatoms. The van der Waals surface area contributed by atoms with Gasteiger partial charge in [-0.3, -0.25) is 4.79 Å². The Morgan fingerprint density at radius 2 is 1.83 bits per heavy atom. The zero-order valence-corrected chi connectivity index (χ0v) is 15.2. The van der Waals surface area contributed by atoms with E-state index in [1.807, 2.05) is 20.8 Å². The van der Waals surface area contributed by atoms with Crippen LogP contribution >= 0.6 is 12.4 Å². The molecular formula is C17H27ClN4O2. The summed E-state index contributed by atoms with van der Waals surface area (Å²) in [6, 6.07) is 6.63. The monoisotopic (exact) mass is 354 g/mol. The van der Waals surface area contributed by atoms with E-state index in [1.54, 1.807) is 24.3 Å². The van der Waals surface area contributed by atoms with E-state index >= 15 is 0 Å². The molecule has 0 radical (unpaired) electrons. The van der Waals surface area contributed by atoms with Crippen molar-refractivity contribution < 1.29 is 9.59 Å². The van der Waals surface area contributed by atoms with E-state index in [-0.39, 0.29) is 35.9 Å². The first-order valence-corrected chi connectivity index (χ1v) is 8.04. The SMILES string of the molecule is CC(C)NC(=O)Nc1ccc(C(=O)NC(C)(CN)C2CC2)cc1.Cl. The maximum Gasteiger partial charge on any atom is 0.319 e. The van der Waals surface area contributed by atoms with Crippen molar-refractivity contribution in [2.45, 2.75) is 45.2 Å². The average Bonchev–Trinajstić information content (AvgIpc) is 3.31. The molecule has 3 amide bonds. The zero-order valence-electron chi connectivity index (χ0n) is 14.4. The Kier molecular flexibility index (Phi) is 7.05. The number of halogens is 1. The van der Waals surface area contributed by atoms with Gasteiger partial charge in [-0.15, -0.1) is 12.4 Å². The summed E-state index contributed by atoms with van der Waals surface area (Å²) in [6.45, 7) is 6.20. The van der Waals surface area contributed by atoms with Crippen molar-refractivity contribution in [1.82, 2.24) is 10.6 Å². The van der Waals surface area contributed by atoms with E-state index in [9.17, 15) is 9.59 Å². The first-order valence-electron chi connectivity index (χ1n) is 8.04. The van der Waals surface area contributed by atoms with Crippen LogP contribution in [0.5, 0.6) is 0 Å². The molecule has 0 heterocycles. The fourth-order valence-corrected chi connectivity index (χ4v) is 2.51. The highest BCUT2D eigenvalue weighted by Crippen LogP contribution is 2.39. The molecule has 0 bridgehead atoms. The summed E-state index contributed by atoms with van der Waals surface area (Å²) < 4.78 is 0. The molecule has 0 aromatic heterocycles. The van der Waals surface area contributed by atoms with Crippen LogP contribution in [-0.4, -0.2) is 30.1 Å². The van der Waals surface area contributed by atoms with Gasteiger partial charge in [-0.05, 0) is 63.8 Å². The summed E-state index contributed by atoms with van der Waals surface area (Å²) in [5.41, 5.74) is 6.68. The molecule has 0 saturated heterocycles. The summed E-state index contributed by atoms with van der Waals surface area (Å²) >= 11 is 0. The highest BCUT2D eigenvalue weighted by molar-refractivity contribution is 5.96.